The minimum absolute atomic E-state index is 0.00306. The fourth-order valence-electron chi connectivity index (χ4n) is 5.51. The normalized spacial score (nSPS) is 48.5. The van der Waals surface area contributed by atoms with Crippen LogP contribution in [0.1, 0.15) is 45.4 Å². The summed E-state index contributed by atoms with van der Waals surface area (Å²) in [5.74, 6) is 1.49. The third-order valence-corrected chi connectivity index (χ3v) is 6.47. The molecule has 1 spiro atoms. The van der Waals surface area contributed by atoms with Gasteiger partial charge in [-0.15, -0.1) is 0 Å². The molecule has 4 unspecified atom stereocenters. The SMILES string of the molecule is COC1=NC2CCCC1C1CC(=O)[C@@](C)(O)C2C12CC2. The number of rotatable bonds is 0. The summed E-state index contributed by atoms with van der Waals surface area (Å²) in [7, 11) is 1.70. The Bertz CT molecular complexity index is 492. The number of nitrogens with zero attached hydrogens (tertiary/aromatic N) is 1. The standard InChI is InChI=1S/C16H23NO3/c1-15(19)12(18)8-10-9-4-3-5-11(17-14(9)20-2)13(15)16(10)6-7-16/h9-11,13,19H,3-8H2,1-2H3/t9?,10?,11?,13?,15-/m1/s1. The zero-order valence-corrected chi connectivity index (χ0v) is 12.3. The Morgan fingerprint density at radius 3 is 2.75 bits per heavy atom. The maximum atomic E-state index is 12.5. The van der Waals surface area contributed by atoms with E-state index >= 15 is 0 Å². The van der Waals surface area contributed by atoms with Crippen molar-refractivity contribution in [1.82, 2.24) is 0 Å². The van der Waals surface area contributed by atoms with Gasteiger partial charge in [-0.2, -0.15) is 0 Å². The first kappa shape index (κ1) is 12.8. The number of carbonyl (C=O) groups is 1. The Balaban J connectivity index is 1.89. The molecular formula is C16H23NO3. The number of methoxy groups -OCH3 is 1. The Morgan fingerprint density at radius 1 is 1.35 bits per heavy atom. The quantitative estimate of drug-likeness (QED) is 0.736. The van der Waals surface area contributed by atoms with Gasteiger partial charge < -0.3 is 9.84 Å². The van der Waals surface area contributed by atoms with Crippen LogP contribution < -0.4 is 0 Å². The molecule has 2 saturated carbocycles. The summed E-state index contributed by atoms with van der Waals surface area (Å²) in [6.07, 6.45) is 5.97. The number of hydrogen-bond acceptors (Lipinski definition) is 4. The zero-order valence-electron chi connectivity index (χ0n) is 12.3. The first-order valence-electron chi connectivity index (χ1n) is 7.88. The van der Waals surface area contributed by atoms with Crippen LogP contribution in [0.25, 0.3) is 0 Å². The van der Waals surface area contributed by atoms with E-state index in [-0.39, 0.29) is 29.1 Å². The number of fused-ring (bicyclic) bond motifs is 4. The second-order valence-corrected chi connectivity index (χ2v) is 7.37. The molecule has 4 rings (SSSR count). The monoisotopic (exact) mass is 277 g/mol. The van der Waals surface area contributed by atoms with Crippen molar-refractivity contribution in [3.8, 4) is 0 Å². The number of hydrogen-bond donors (Lipinski definition) is 1. The fraction of sp³-hybridized carbons (Fsp3) is 0.875. The highest BCUT2D eigenvalue weighted by Gasteiger charge is 2.70. The van der Waals surface area contributed by atoms with E-state index in [1.165, 1.54) is 0 Å². The predicted molar refractivity (Wildman–Crippen MR) is 74.5 cm³/mol. The second-order valence-electron chi connectivity index (χ2n) is 7.37. The van der Waals surface area contributed by atoms with Crippen LogP contribution in [0.4, 0.5) is 0 Å². The molecule has 2 aliphatic heterocycles. The average molecular weight is 277 g/mol. The van der Waals surface area contributed by atoms with E-state index in [9.17, 15) is 9.90 Å². The number of aliphatic hydroxyl groups is 1. The molecule has 1 N–H and O–H groups in total. The number of ketones is 1. The van der Waals surface area contributed by atoms with E-state index in [0.717, 1.165) is 38.0 Å². The molecule has 5 atom stereocenters. The minimum Gasteiger partial charge on any atom is -0.484 e. The number of Topliss-reactive ketones (excluding diaryl/α,β-unsaturated/α-hetero) is 1. The van der Waals surface area contributed by atoms with Gasteiger partial charge in [0.05, 0.1) is 13.2 Å². The lowest BCUT2D eigenvalue weighted by Gasteiger charge is -2.50. The van der Waals surface area contributed by atoms with E-state index in [2.05, 4.69) is 0 Å². The van der Waals surface area contributed by atoms with Gasteiger partial charge in [-0.1, -0.05) is 6.42 Å². The van der Waals surface area contributed by atoms with Gasteiger partial charge in [-0.25, -0.2) is 0 Å². The van der Waals surface area contributed by atoms with Crippen LogP contribution >= 0.6 is 0 Å². The summed E-state index contributed by atoms with van der Waals surface area (Å²) in [6.45, 7) is 1.73. The molecule has 4 nitrogen and oxygen atoms in total. The summed E-state index contributed by atoms with van der Waals surface area (Å²) in [6, 6.07) is 0.0571. The van der Waals surface area contributed by atoms with E-state index < -0.39 is 5.60 Å². The Morgan fingerprint density at radius 2 is 2.10 bits per heavy atom. The van der Waals surface area contributed by atoms with Crippen LogP contribution in [-0.2, 0) is 9.53 Å². The molecule has 0 aromatic heterocycles. The molecule has 2 heterocycles. The molecule has 2 fully saturated rings. The predicted octanol–water partition coefficient (Wildman–Crippen LogP) is 1.95. The summed E-state index contributed by atoms with van der Waals surface area (Å²) >= 11 is 0. The molecule has 0 aromatic rings. The number of aliphatic imine (C=N–C) groups is 1. The van der Waals surface area contributed by atoms with Crippen LogP contribution in [-0.4, -0.2) is 35.5 Å². The lowest BCUT2D eigenvalue weighted by molar-refractivity contribution is -0.160. The molecule has 4 aliphatic rings. The van der Waals surface area contributed by atoms with Crippen LogP contribution in [0.5, 0.6) is 0 Å². The van der Waals surface area contributed by atoms with Crippen molar-refractivity contribution >= 4 is 11.7 Å². The van der Waals surface area contributed by atoms with Crippen LogP contribution in [0, 0.1) is 23.2 Å². The molecule has 4 heteroatoms. The van der Waals surface area contributed by atoms with Crippen LogP contribution in [0.2, 0.25) is 0 Å². The molecule has 0 saturated heterocycles. The first-order chi connectivity index (χ1) is 9.50. The van der Waals surface area contributed by atoms with Crippen molar-refractivity contribution in [3.05, 3.63) is 0 Å². The van der Waals surface area contributed by atoms with Gasteiger partial charge >= 0.3 is 0 Å². The maximum Gasteiger partial charge on any atom is 0.186 e. The van der Waals surface area contributed by atoms with E-state index in [1.807, 2.05) is 0 Å². The molecule has 4 bridgehead atoms. The molecule has 20 heavy (non-hydrogen) atoms. The Kier molecular flexibility index (Phi) is 2.46. The summed E-state index contributed by atoms with van der Waals surface area (Å²) in [4.78, 5) is 17.3. The Labute approximate surface area is 119 Å². The largest absolute Gasteiger partial charge is 0.484 e. The number of carbonyl (C=O) groups excluding carboxylic acids is 1. The molecule has 110 valence electrons. The highest BCUT2D eigenvalue weighted by molar-refractivity contribution is 5.91. The molecular weight excluding hydrogens is 254 g/mol. The molecule has 2 aliphatic carbocycles. The van der Waals surface area contributed by atoms with Gasteiger partial charge in [0, 0.05) is 18.3 Å². The summed E-state index contributed by atoms with van der Waals surface area (Å²) in [5.41, 5.74) is -1.05. The molecule has 0 radical (unpaired) electrons. The van der Waals surface area contributed by atoms with Gasteiger partial charge in [-0.05, 0) is 43.9 Å². The fourth-order valence-corrected chi connectivity index (χ4v) is 5.51. The highest BCUT2D eigenvalue weighted by atomic mass is 16.5. The lowest BCUT2D eigenvalue weighted by atomic mass is 9.55. The van der Waals surface area contributed by atoms with E-state index in [1.54, 1.807) is 14.0 Å². The van der Waals surface area contributed by atoms with Gasteiger partial charge in [0.15, 0.2) is 11.7 Å². The first-order valence-corrected chi connectivity index (χ1v) is 7.88. The summed E-state index contributed by atoms with van der Waals surface area (Å²) in [5, 5.41) is 10.9. The smallest absolute Gasteiger partial charge is 0.186 e. The van der Waals surface area contributed by atoms with Crippen LogP contribution in [0.3, 0.4) is 0 Å². The number of ether oxygens (including phenoxy) is 1. The van der Waals surface area contributed by atoms with Crippen molar-refractivity contribution in [2.75, 3.05) is 7.11 Å². The Hall–Kier alpha value is -0.900. The van der Waals surface area contributed by atoms with Gasteiger partial charge in [0.2, 0.25) is 0 Å². The van der Waals surface area contributed by atoms with E-state index in [0.29, 0.717) is 12.3 Å². The average Bonchev–Trinajstić information content (AvgIpc) is 3.19. The third-order valence-electron chi connectivity index (χ3n) is 6.47. The second kappa shape index (κ2) is 3.85. The van der Waals surface area contributed by atoms with Crippen molar-refractivity contribution < 1.29 is 14.6 Å². The topological polar surface area (TPSA) is 58.9 Å². The molecule has 0 amide bonds. The van der Waals surface area contributed by atoms with Crippen LogP contribution in [0.15, 0.2) is 4.99 Å². The maximum absolute atomic E-state index is 12.5. The van der Waals surface area contributed by atoms with Gasteiger partial charge in [-0.3, -0.25) is 9.79 Å². The summed E-state index contributed by atoms with van der Waals surface area (Å²) < 4.78 is 5.57. The lowest BCUT2D eigenvalue weighted by Crippen LogP contribution is -2.58. The van der Waals surface area contributed by atoms with Crippen molar-refractivity contribution in [2.45, 2.75) is 57.1 Å². The van der Waals surface area contributed by atoms with E-state index in [4.69, 9.17) is 9.73 Å². The van der Waals surface area contributed by atoms with Gasteiger partial charge in [0.1, 0.15) is 5.60 Å². The van der Waals surface area contributed by atoms with Gasteiger partial charge in [0.25, 0.3) is 0 Å². The molecule has 0 aromatic carbocycles. The highest BCUT2D eigenvalue weighted by Crippen LogP contribution is 2.69. The van der Waals surface area contributed by atoms with Crippen molar-refractivity contribution in [2.24, 2.45) is 28.2 Å². The zero-order chi connectivity index (χ0) is 14.1. The van der Waals surface area contributed by atoms with Crippen molar-refractivity contribution in [1.29, 1.82) is 0 Å². The minimum atomic E-state index is -1.20. The third kappa shape index (κ3) is 1.41. The van der Waals surface area contributed by atoms with Crippen molar-refractivity contribution in [3.63, 3.8) is 0 Å².